The van der Waals surface area contributed by atoms with Gasteiger partial charge in [0.2, 0.25) is 0 Å². The fourth-order valence-corrected chi connectivity index (χ4v) is 9.87. The van der Waals surface area contributed by atoms with Crippen molar-refractivity contribution in [1.82, 2.24) is 0 Å². The van der Waals surface area contributed by atoms with E-state index in [1.165, 1.54) is 178 Å². The summed E-state index contributed by atoms with van der Waals surface area (Å²) in [5.74, 6) is 2.56. The summed E-state index contributed by atoms with van der Waals surface area (Å²) < 4.78 is 25.5. The van der Waals surface area contributed by atoms with Crippen LogP contribution in [0.1, 0.15) is 207 Å². The number of rotatable bonds is 34. The molecule has 0 aromatic rings. The van der Waals surface area contributed by atoms with E-state index in [9.17, 15) is 0 Å². The minimum Gasteiger partial charge on any atom is -0.352 e. The molecule has 2 fully saturated rings. The molecular weight excluding hydrogens is 645 g/mol. The van der Waals surface area contributed by atoms with Gasteiger partial charge in [-0.2, -0.15) is 23.5 Å². The standard InChI is InChI=1S/C43H84O4S2/c1-5-9-13-15-17-19-21-23-25-27-31-48-39(29-11-7-3)33-41-44-35-43(36-45-41)37-46-42(47-38-43)34-40(30-12-8-4)49-32-28-26-24-22-20-18-16-14-10-6-2/h39-42H,5-38H2,1-4H3. The predicted octanol–water partition coefficient (Wildman–Crippen LogP) is 13.9. The zero-order valence-corrected chi connectivity index (χ0v) is 34.9. The first-order valence-corrected chi connectivity index (χ1v) is 23.9. The molecule has 2 aliphatic rings. The van der Waals surface area contributed by atoms with Gasteiger partial charge in [0.25, 0.3) is 0 Å². The van der Waals surface area contributed by atoms with Crippen molar-refractivity contribution < 1.29 is 18.9 Å². The first-order valence-electron chi connectivity index (χ1n) is 21.8. The normalized spacial score (nSPS) is 22.5. The molecule has 49 heavy (non-hydrogen) atoms. The molecule has 1 spiro atoms. The zero-order valence-electron chi connectivity index (χ0n) is 33.3. The van der Waals surface area contributed by atoms with Crippen LogP contribution in [0.2, 0.25) is 0 Å². The third-order valence-corrected chi connectivity index (χ3v) is 13.5. The summed E-state index contributed by atoms with van der Waals surface area (Å²) >= 11 is 4.35. The molecule has 2 unspecified atom stereocenters. The van der Waals surface area contributed by atoms with E-state index in [0.717, 1.165) is 12.8 Å². The Morgan fingerprint density at radius 3 is 1.00 bits per heavy atom. The van der Waals surface area contributed by atoms with E-state index in [0.29, 0.717) is 36.9 Å². The largest absolute Gasteiger partial charge is 0.352 e. The molecule has 2 atom stereocenters. The molecule has 6 heteroatoms. The Morgan fingerprint density at radius 1 is 0.408 bits per heavy atom. The van der Waals surface area contributed by atoms with Crippen molar-refractivity contribution in [2.45, 2.75) is 231 Å². The zero-order chi connectivity index (χ0) is 35.1. The van der Waals surface area contributed by atoms with Gasteiger partial charge in [0.05, 0.1) is 31.8 Å². The minimum atomic E-state index is -0.142. The number of unbranched alkanes of at least 4 members (excludes halogenated alkanes) is 20. The molecule has 0 amide bonds. The number of thioether (sulfide) groups is 2. The van der Waals surface area contributed by atoms with Crippen LogP contribution < -0.4 is 0 Å². The van der Waals surface area contributed by atoms with Crippen LogP contribution >= 0.6 is 23.5 Å². The van der Waals surface area contributed by atoms with Crippen LogP contribution in [-0.2, 0) is 18.9 Å². The van der Waals surface area contributed by atoms with Crippen molar-refractivity contribution >= 4 is 23.5 Å². The van der Waals surface area contributed by atoms with Gasteiger partial charge in [0, 0.05) is 23.3 Å². The molecule has 0 aliphatic carbocycles. The third-order valence-electron chi connectivity index (χ3n) is 10.7. The highest BCUT2D eigenvalue weighted by Gasteiger charge is 2.42. The highest BCUT2D eigenvalue weighted by molar-refractivity contribution is 8.00. The second kappa shape index (κ2) is 32.0. The van der Waals surface area contributed by atoms with Gasteiger partial charge < -0.3 is 18.9 Å². The molecule has 2 saturated heterocycles. The quantitative estimate of drug-likeness (QED) is 0.0614. The number of hydrogen-bond donors (Lipinski definition) is 0. The van der Waals surface area contributed by atoms with Gasteiger partial charge in [-0.3, -0.25) is 0 Å². The average molecular weight is 729 g/mol. The molecule has 0 saturated carbocycles. The summed E-state index contributed by atoms with van der Waals surface area (Å²) in [7, 11) is 0. The van der Waals surface area contributed by atoms with Gasteiger partial charge in [-0.1, -0.05) is 169 Å². The highest BCUT2D eigenvalue weighted by Crippen LogP contribution is 2.35. The average Bonchev–Trinajstić information content (AvgIpc) is 3.12. The third kappa shape index (κ3) is 23.7. The van der Waals surface area contributed by atoms with Crippen LogP contribution in [0.3, 0.4) is 0 Å². The molecular formula is C43H84O4S2. The minimum absolute atomic E-state index is 0.0777. The van der Waals surface area contributed by atoms with Crippen LogP contribution in [-0.4, -0.2) is 61.0 Å². The lowest BCUT2D eigenvalue weighted by atomic mass is 9.90. The summed E-state index contributed by atoms with van der Waals surface area (Å²) in [4.78, 5) is 0. The maximum absolute atomic E-state index is 6.38. The van der Waals surface area contributed by atoms with Crippen molar-refractivity contribution in [2.24, 2.45) is 5.41 Å². The number of hydrogen-bond acceptors (Lipinski definition) is 6. The maximum atomic E-state index is 6.38. The Labute approximate surface area is 315 Å². The summed E-state index contributed by atoms with van der Waals surface area (Å²) in [6.07, 6.45) is 37.7. The topological polar surface area (TPSA) is 36.9 Å². The molecule has 0 bridgehead atoms. The van der Waals surface area contributed by atoms with E-state index in [1.54, 1.807) is 0 Å². The van der Waals surface area contributed by atoms with E-state index < -0.39 is 0 Å². The van der Waals surface area contributed by atoms with Gasteiger partial charge >= 0.3 is 0 Å². The smallest absolute Gasteiger partial charge is 0.158 e. The second-order valence-electron chi connectivity index (χ2n) is 15.7. The van der Waals surface area contributed by atoms with Crippen LogP contribution in [0.4, 0.5) is 0 Å². The van der Waals surface area contributed by atoms with Gasteiger partial charge in [0.1, 0.15) is 0 Å². The van der Waals surface area contributed by atoms with Gasteiger partial charge in [-0.25, -0.2) is 0 Å². The van der Waals surface area contributed by atoms with Crippen LogP contribution in [0.25, 0.3) is 0 Å². The van der Waals surface area contributed by atoms with E-state index >= 15 is 0 Å². The Balaban J connectivity index is 1.59. The van der Waals surface area contributed by atoms with E-state index in [1.807, 2.05) is 0 Å². The molecule has 0 radical (unpaired) electrons. The van der Waals surface area contributed by atoms with Crippen molar-refractivity contribution in [2.75, 3.05) is 37.9 Å². The Kier molecular flexibility index (Phi) is 29.9. The van der Waals surface area contributed by atoms with Crippen LogP contribution in [0, 0.1) is 5.41 Å². The van der Waals surface area contributed by atoms with E-state index in [-0.39, 0.29) is 18.0 Å². The number of ether oxygens (including phenoxy) is 4. The van der Waals surface area contributed by atoms with Crippen molar-refractivity contribution in [3.8, 4) is 0 Å². The highest BCUT2D eigenvalue weighted by atomic mass is 32.2. The summed E-state index contributed by atoms with van der Waals surface area (Å²) in [6.45, 7) is 12.0. The Bertz CT molecular complexity index is 632. The summed E-state index contributed by atoms with van der Waals surface area (Å²) in [5, 5.41) is 1.28. The molecule has 2 heterocycles. The fraction of sp³-hybridized carbons (Fsp3) is 1.00. The predicted molar refractivity (Wildman–Crippen MR) is 218 cm³/mol. The molecule has 0 N–H and O–H groups in total. The lowest BCUT2D eigenvalue weighted by molar-refractivity contribution is -0.303. The van der Waals surface area contributed by atoms with Crippen LogP contribution in [0.5, 0.6) is 0 Å². The molecule has 292 valence electrons. The van der Waals surface area contributed by atoms with Gasteiger partial charge in [-0.05, 0) is 37.2 Å². The SMILES string of the molecule is CCCCCCCCCCCCSC(CCCC)CC1OCC2(CO1)COC(CC(CCCC)SCCCCCCCCCCCC)OC2. The Morgan fingerprint density at radius 2 is 0.694 bits per heavy atom. The van der Waals surface area contributed by atoms with Gasteiger partial charge in [-0.15, -0.1) is 0 Å². The first kappa shape index (κ1) is 45.7. The second-order valence-corrected chi connectivity index (χ2v) is 18.5. The molecule has 4 nitrogen and oxygen atoms in total. The van der Waals surface area contributed by atoms with Crippen molar-refractivity contribution in [3.63, 3.8) is 0 Å². The fourth-order valence-electron chi connectivity index (χ4n) is 7.21. The van der Waals surface area contributed by atoms with Crippen LogP contribution in [0.15, 0.2) is 0 Å². The molecule has 2 aliphatic heterocycles. The van der Waals surface area contributed by atoms with Crippen molar-refractivity contribution in [3.05, 3.63) is 0 Å². The molecule has 0 aromatic carbocycles. The first-order chi connectivity index (χ1) is 24.1. The van der Waals surface area contributed by atoms with Crippen molar-refractivity contribution in [1.29, 1.82) is 0 Å². The van der Waals surface area contributed by atoms with E-state index in [4.69, 9.17) is 18.9 Å². The summed E-state index contributed by atoms with van der Waals surface area (Å²) in [6, 6.07) is 0. The monoisotopic (exact) mass is 729 g/mol. The van der Waals surface area contributed by atoms with Gasteiger partial charge in [0.15, 0.2) is 12.6 Å². The lowest BCUT2D eigenvalue weighted by Crippen LogP contribution is -2.52. The Hall–Kier alpha value is 0.540. The van der Waals surface area contributed by atoms with E-state index in [2.05, 4.69) is 51.2 Å². The molecule has 2 rings (SSSR count). The lowest BCUT2D eigenvalue weighted by Gasteiger charge is -2.44. The maximum Gasteiger partial charge on any atom is 0.158 e. The summed E-state index contributed by atoms with van der Waals surface area (Å²) in [5.41, 5.74) is -0.142. The molecule has 0 aromatic heterocycles.